The van der Waals surface area contributed by atoms with Crippen LogP contribution in [-0.2, 0) is 6.42 Å². The van der Waals surface area contributed by atoms with E-state index in [0.717, 1.165) is 24.5 Å². The number of aromatic amines is 2. The summed E-state index contributed by atoms with van der Waals surface area (Å²) in [6.45, 7) is 2.37. The third-order valence-corrected chi connectivity index (χ3v) is 4.80. The SMILES string of the molecule is CSC[C@@H]1CN(CCc2[nH]nc3c(=O)[nH]c(N)nc23)C[C@@H]1O. The Morgan fingerprint density at radius 3 is 3.05 bits per heavy atom. The molecule has 0 amide bonds. The molecule has 2 atom stereocenters. The zero-order valence-corrected chi connectivity index (χ0v) is 13.2. The molecular formula is C13H20N6O2S. The molecule has 8 nitrogen and oxygen atoms in total. The smallest absolute Gasteiger partial charge is 0.280 e. The van der Waals surface area contributed by atoms with E-state index >= 15 is 0 Å². The minimum absolute atomic E-state index is 0.0942. The van der Waals surface area contributed by atoms with E-state index in [2.05, 4.69) is 31.3 Å². The molecule has 0 radical (unpaired) electrons. The molecule has 1 aliphatic rings. The second-order valence-electron chi connectivity index (χ2n) is 5.64. The molecule has 3 heterocycles. The van der Waals surface area contributed by atoms with E-state index in [-0.39, 0.29) is 23.1 Å². The quantitative estimate of drug-likeness (QED) is 0.580. The first-order chi connectivity index (χ1) is 10.6. The summed E-state index contributed by atoms with van der Waals surface area (Å²) in [4.78, 5) is 20.5. The lowest BCUT2D eigenvalue weighted by Gasteiger charge is -2.14. The molecule has 1 saturated heterocycles. The summed E-state index contributed by atoms with van der Waals surface area (Å²) >= 11 is 1.76. The largest absolute Gasteiger partial charge is 0.391 e. The summed E-state index contributed by atoms with van der Waals surface area (Å²) in [6.07, 6.45) is 2.48. The summed E-state index contributed by atoms with van der Waals surface area (Å²) in [7, 11) is 0. The predicted octanol–water partition coefficient (Wildman–Crippen LogP) is -0.573. The number of nitrogens with zero attached hydrogens (tertiary/aromatic N) is 3. The fraction of sp³-hybridized carbons (Fsp3) is 0.615. The molecule has 0 unspecified atom stereocenters. The Kier molecular flexibility index (Phi) is 4.37. The van der Waals surface area contributed by atoms with Gasteiger partial charge in [-0.25, -0.2) is 4.98 Å². The molecule has 22 heavy (non-hydrogen) atoms. The maximum absolute atomic E-state index is 11.7. The lowest BCUT2D eigenvalue weighted by atomic mass is 10.1. The molecule has 3 rings (SSSR count). The highest BCUT2D eigenvalue weighted by atomic mass is 32.2. The van der Waals surface area contributed by atoms with Gasteiger partial charge in [-0.15, -0.1) is 0 Å². The molecule has 2 aromatic heterocycles. The fourth-order valence-corrected chi connectivity index (χ4v) is 3.68. The minimum atomic E-state index is -0.332. The first-order valence-corrected chi connectivity index (χ1v) is 8.60. The second kappa shape index (κ2) is 6.27. The molecular weight excluding hydrogens is 304 g/mol. The van der Waals surface area contributed by atoms with E-state index in [9.17, 15) is 9.90 Å². The Morgan fingerprint density at radius 1 is 1.45 bits per heavy atom. The van der Waals surface area contributed by atoms with Gasteiger partial charge in [-0.05, 0) is 12.0 Å². The number of rotatable bonds is 5. The number of aliphatic hydroxyl groups is 1. The number of H-pyrrole nitrogens is 2. The Balaban J connectivity index is 1.69. The third kappa shape index (κ3) is 2.96. The summed E-state index contributed by atoms with van der Waals surface area (Å²) in [6, 6.07) is 0. The van der Waals surface area contributed by atoms with E-state index in [1.807, 2.05) is 0 Å². The topological polar surface area (TPSA) is 124 Å². The van der Waals surface area contributed by atoms with Gasteiger partial charge < -0.3 is 10.8 Å². The van der Waals surface area contributed by atoms with Crippen LogP contribution in [0, 0.1) is 5.92 Å². The molecule has 1 fully saturated rings. The lowest BCUT2D eigenvalue weighted by Crippen LogP contribution is -2.24. The Bertz CT molecular complexity index is 714. The summed E-state index contributed by atoms with van der Waals surface area (Å²) in [5.41, 5.74) is 6.87. The van der Waals surface area contributed by atoms with Crippen LogP contribution in [0.3, 0.4) is 0 Å². The number of nitrogens with two attached hydrogens (primary N) is 1. The number of aromatic nitrogens is 4. The number of β-amino-alcohol motifs (C(OH)–C–C–N with tert-alkyl or cyclic N) is 1. The molecule has 0 bridgehead atoms. The van der Waals surface area contributed by atoms with Crippen molar-refractivity contribution in [2.24, 2.45) is 5.92 Å². The molecule has 0 saturated carbocycles. The zero-order valence-electron chi connectivity index (χ0n) is 12.4. The maximum Gasteiger partial charge on any atom is 0.280 e. The second-order valence-corrected chi connectivity index (χ2v) is 6.55. The van der Waals surface area contributed by atoms with Crippen LogP contribution in [0.1, 0.15) is 5.69 Å². The molecule has 0 spiro atoms. The van der Waals surface area contributed by atoms with Gasteiger partial charge in [0.15, 0.2) is 5.52 Å². The predicted molar refractivity (Wildman–Crippen MR) is 86.9 cm³/mol. The van der Waals surface area contributed by atoms with Gasteiger partial charge in [-0.3, -0.25) is 19.8 Å². The van der Waals surface area contributed by atoms with E-state index in [0.29, 0.717) is 24.4 Å². The highest BCUT2D eigenvalue weighted by Crippen LogP contribution is 2.21. The highest BCUT2D eigenvalue weighted by molar-refractivity contribution is 7.98. The number of aliphatic hydroxyl groups excluding tert-OH is 1. The molecule has 1 aliphatic heterocycles. The summed E-state index contributed by atoms with van der Waals surface area (Å²) in [5.74, 6) is 1.39. The first kappa shape index (κ1) is 15.3. The Morgan fingerprint density at radius 2 is 2.27 bits per heavy atom. The number of anilines is 1. The molecule has 2 aromatic rings. The normalized spacial score (nSPS) is 22.6. The minimum Gasteiger partial charge on any atom is -0.391 e. The van der Waals surface area contributed by atoms with Crippen molar-refractivity contribution in [1.29, 1.82) is 0 Å². The van der Waals surface area contributed by atoms with Crippen molar-refractivity contribution in [2.45, 2.75) is 12.5 Å². The number of hydrogen-bond donors (Lipinski definition) is 4. The number of nitrogen functional groups attached to an aromatic ring is 1. The number of thioether (sulfide) groups is 1. The first-order valence-electron chi connectivity index (χ1n) is 7.20. The van der Waals surface area contributed by atoms with Gasteiger partial charge in [-0.2, -0.15) is 16.9 Å². The van der Waals surface area contributed by atoms with Gasteiger partial charge >= 0.3 is 0 Å². The zero-order chi connectivity index (χ0) is 15.7. The van der Waals surface area contributed by atoms with E-state index in [1.54, 1.807) is 11.8 Å². The number of hydrogen-bond acceptors (Lipinski definition) is 7. The van der Waals surface area contributed by atoms with Crippen LogP contribution in [0.25, 0.3) is 11.0 Å². The number of fused-ring (bicyclic) bond motifs is 1. The van der Waals surface area contributed by atoms with Crippen molar-refractivity contribution < 1.29 is 5.11 Å². The average Bonchev–Trinajstić information content (AvgIpc) is 3.01. The summed E-state index contributed by atoms with van der Waals surface area (Å²) < 4.78 is 0. The number of likely N-dealkylation sites (tertiary alicyclic amines) is 1. The summed E-state index contributed by atoms with van der Waals surface area (Å²) in [5, 5.41) is 16.9. The van der Waals surface area contributed by atoms with Crippen molar-refractivity contribution in [2.75, 3.05) is 37.4 Å². The monoisotopic (exact) mass is 324 g/mol. The maximum atomic E-state index is 11.7. The standard InChI is InChI=1S/C13H20N6O2S/c1-22-6-7-4-19(5-9(7)20)3-2-8-10-11(18-17-8)12(21)16-13(14)15-10/h7,9,20H,2-6H2,1H3,(H,17,18)(H3,14,15,16,21)/t7-,9-/m0/s1. The Labute approximate surface area is 131 Å². The fourth-order valence-electron chi connectivity index (χ4n) is 2.92. The molecule has 9 heteroatoms. The van der Waals surface area contributed by atoms with Crippen LogP contribution >= 0.6 is 11.8 Å². The van der Waals surface area contributed by atoms with E-state index in [4.69, 9.17) is 5.73 Å². The van der Waals surface area contributed by atoms with Crippen LogP contribution in [-0.4, -0.2) is 67.9 Å². The van der Waals surface area contributed by atoms with Crippen LogP contribution in [0.15, 0.2) is 4.79 Å². The lowest BCUT2D eigenvalue weighted by molar-refractivity contribution is 0.150. The van der Waals surface area contributed by atoms with Gasteiger partial charge in [0.05, 0.1) is 11.8 Å². The van der Waals surface area contributed by atoms with Crippen molar-refractivity contribution in [1.82, 2.24) is 25.1 Å². The highest BCUT2D eigenvalue weighted by Gasteiger charge is 2.30. The van der Waals surface area contributed by atoms with Crippen molar-refractivity contribution in [3.8, 4) is 0 Å². The van der Waals surface area contributed by atoms with Crippen LogP contribution in [0.4, 0.5) is 5.95 Å². The van der Waals surface area contributed by atoms with Crippen molar-refractivity contribution in [3.05, 3.63) is 16.0 Å². The molecule has 120 valence electrons. The van der Waals surface area contributed by atoms with Crippen molar-refractivity contribution in [3.63, 3.8) is 0 Å². The van der Waals surface area contributed by atoms with Crippen molar-refractivity contribution >= 4 is 28.7 Å². The van der Waals surface area contributed by atoms with Gasteiger partial charge in [0.25, 0.3) is 5.56 Å². The van der Waals surface area contributed by atoms with Gasteiger partial charge in [0, 0.05) is 32.0 Å². The number of nitrogens with one attached hydrogen (secondary N) is 2. The third-order valence-electron chi connectivity index (χ3n) is 4.04. The van der Waals surface area contributed by atoms with E-state index < -0.39 is 0 Å². The molecule has 0 aliphatic carbocycles. The van der Waals surface area contributed by atoms with Gasteiger partial charge in [0.2, 0.25) is 5.95 Å². The van der Waals surface area contributed by atoms with Gasteiger partial charge in [0.1, 0.15) is 5.52 Å². The Hall–Kier alpha value is -1.58. The molecule has 0 aromatic carbocycles. The van der Waals surface area contributed by atoms with Crippen LogP contribution in [0.2, 0.25) is 0 Å². The van der Waals surface area contributed by atoms with Crippen LogP contribution in [0.5, 0.6) is 0 Å². The molecule has 5 N–H and O–H groups in total. The van der Waals surface area contributed by atoms with E-state index in [1.165, 1.54) is 0 Å². The van der Waals surface area contributed by atoms with Gasteiger partial charge in [-0.1, -0.05) is 0 Å². The van der Waals surface area contributed by atoms with Crippen LogP contribution < -0.4 is 11.3 Å². The average molecular weight is 324 g/mol.